The second-order valence-electron chi connectivity index (χ2n) is 3.34. The smallest absolute Gasteiger partial charge is 0.0963 e. The summed E-state index contributed by atoms with van der Waals surface area (Å²) < 4.78 is 0. The highest BCUT2D eigenvalue weighted by Gasteiger charge is 2.09. The number of hydrogen-bond donors (Lipinski definition) is 1. The Kier molecular flexibility index (Phi) is 2.46. The van der Waals surface area contributed by atoms with Gasteiger partial charge in [-0.25, -0.2) is 0 Å². The third-order valence-corrected chi connectivity index (χ3v) is 2.41. The van der Waals surface area contributed by atoms with E-state index >= 15 is 0 Å². The first kappa shape index (κ1) is 9.16. The maximum atomic E-state index is 9.76. The lowest BCUT2D eigenvalue weighted by Gasteiger charge is -2.09. The van der Waals surface area contributed by atoms with Crippen LogP contribution in [0.3, 0.4) is 0 Å². The van der Waals surface area contributed by atoms with Gasteiger partial charge in [0.2, 0.25) is 0 Å². The van der Waals surface area contributed by atoms with Gasteiger partial charge in [0.1, 0.15) is 0 Å². The minimum atomic E-state index is -0.457. The number of benzene rings is 1. The van der Waals surface area contributed by atoms with Gasteiger partial charge in [-0.15, -0.1) is 0 Å². The van der Waals surface area contributed by atoms with Crippen molar-refractivity contribution in [1.29, 1.82) is 0 Å². The Morgan fingerprint density at radius 2 is 2.07 bits per heavy atom. The summed E-state index contributed by atoms with van der Waals surface area (Å²) in [6, 6.07) is 9.95. The molecule has 1 heterocycles. The lowest BCUT2D eigenvalue weighted by atomic mass is 10.1. The van der Waals surface area contributed by atoms with E-state index in [9.17, 15) is 5.11 Å². The lowest BCUT2D eigenvalue weighted by molar-refractivity contribution is 0.170. The van der Waals surface area contributed by atoms with Crippen LogP contribution in [0.2, 0.25) is 0 Å². The van der Waals surface area contributed by atoms with E-state index in [1.165, 1.54) is 0 Å². The Morgan fingerprint density at radius 1 is 1.29 bits per heavy atom. The lowest BCUT2D eigenvalue weighted by Crippen LogP contribution is -1.99. The summed E-state index contributed by atoms with van der Waals surface area (Å²) >= 11 is 0. The molecule has 72 valence electrons. The van der Waals surface area contributed by atoms with E-state index in [2.05, 4.69) is 4.98 Å². The Bertz CT molecular complexity index is 434. The first-order valence-corrected chi connectivity index (χ1v) is 4.84. The fraction of sp³-hybridized carbons (Fsp3) is 0.250. The van der Waals surface area contributed by atoms with Crippen LogP contribution in [0.5, 0.6) is 0 Å². The molecule has 0 aliphatic heterocycles. The van der Waals surface area contributed by atoms with Crippen LogP contribution in [0.1, 0.15) is 25.1 Å². The monoisotopic (exact) mass is 187 g/mol. The van der Waals surface area contributed by atoms with Gasteiger partial charge in [0.05, 0.1) is 11.8 Å². The second-order valence-corrected chi connectivity index (χ2v) is 3.34. The standard InChI is InChI=1S/C12H13NO/c1-2-11(14)12-10-6-4-3-5-9(10)7-8-13-12/h3-8,11,14H,2H2,1H3/t11-/m0/s1. The van der Waals surface area contributed by atoms with Gasteiger partial charge in [0.15, 0.2) is 0 Å². The van der Waals surface area contributed by atoms with Crippen LogP contribution >= 0.6 is 0 Å². The van der Waals surface area contributed by atoms with Crippen LogP contribution in [-0.4, -0.2) is 10.1 Å². The minimum absolute atomic E-state index is 0.457. The number of fused-ring (bicyclic) bond motifs is 1. The average molecular weight is 187 g/mol. The van der Waals surface area contributed by atoms with Crippen molar-refractivity contribution in [1.82, 2.24) is 4.98 Å². The molecule has 1 atom stereocenters. The second kappa shape index (κ2) is 3.76. The molecule has 14 heavy (non-hydrogen) atoms. The van der Waals surface area contributed by atoms with Crippen molar-refractivity contribution in [3.63, 3.8) is 0 Å². The van der Waals surface area contributed by atoms with E-state index in [0.717, 1.165) is 16.5 Å². The van der Waals surface area contributed by atoms with E-state index < -0.39 is 6.10 Å². The van der Waals surface area contributed by atoms with Gasteiger partial charge in [0.25, 0.3) is 0 Å². The van der Waals surface area contributed by atoms with Gasteiger partial charge >= 0.3 is 0 Å². The number of aliphatic hydroxyl groups excluding tert-OH is 1. The Balaban J connectivity index is 2.65. The summed E-state index contributed by atoms with van der Waals surface area (Å²) in [6.07, 6.45) is 1.98. The maximum absolute atomic E-state index is 9.76. The van der Waals surface area contributed by atoms with Crippen molar-refractivity contribution < 1.29 is 5.11 Å². The number of hydrogen-bond acceptors (Lipinski definition) is 2. The maximum Gasteiger partial charge on any atom is 0.0963 e. The first-order chi connectivity index (χ1) is 6.83. The summed E-state index contributed by atoms with van der Waals surface area (Å²) in [6.45, 7) is 1.95. The third kappa shape index (κ3) is 1.49. The number of pyridine rings is 1. The predicted molar refractivity (Wildman–Crippen MR) is 57.0 cm³/mol. The van der Waals surface area contributed by atoms with Crippen LogP contribution < -0.4 is 0 Å². The quantitative estimate of drug-likeness (QED) is 0.784. The predicted octanol–water partition coefficient (Wildman–Crippen LogP) is 2.68. The van der Waals surface area contributed by atoms with Crippen molar-refractivity contribution in [3.8, 4) is 0 Å². The summed E-state index contributed by atoms with van der Waals surface area (Å²) in [5.41, 5.74) is 0.783. The molecular weight excluding hydrogens is 174 g/mol. The molecule has 0 aliphatic carbocycles. The molecule has 0 saturated heterocycles. The van der Waals surface area contributed by atoms with Crippen LogP contribution in [0.15, 0.2) is 36.5 Å². The molecule has 1 aromatic heterocycles. The average Bonchev–Trinajstić information content (AvgIpc) is 2.27. The van der Waals surface area contributed by atoms with Gasteiger partial charge in [-0.05, 0) is 17.9 Å². The SMILES string of the molecule is CC[C@H](O)c1nccc2ccccc12. The van der Waals surface area contributed by atoms with Gasteiger partial charge in [-0.3, -0.25) is 4.98 Å². The third-order valence-electron chi connectivity index (χ3n) is 2.41. The normalized spacial score (nSPS) is 13.0. The van der Waals surface area contributed by atoms with Crippen LogP contribution in [0.4, 0.5) is 0 Å². The molecule has 0 amide bonds. The summed E-state index contributed by atoms with van der Waals surface area (Å²) in [4.78, 5) is 4.23. The van der Waals surface area contributed by atoms with Crippen molar-refractivity contribution >= 4 is 10.8 Å². The van der Waals surface area contributed by atoms with E-state index in [-0.39, 0.29) is 0 Å². The zero-order chi connectivity index (χ0) is 9.97. The van der Waals surface area contributed by atoms with Gasteiger partial charge < -0.3 is 5.11 Å². The number of aliphatic hydroxyl groups is 1. The topological polar surface area (TPSA) is 33.1 Å². The molecule has 0 unspecified atom stereocenters. The molecule has 2 heteroatoms. The van der Waals surface area contributed by atoms with Crippen molar-refractivity contribution in [2.45, 2.75) is 19.4 Å². The molecule has 1 aromatic carbocycles. The van der Waals surface area contributed by atoms with Gasteiger partial charge in [-0.2, -0.15) is 0 Å². The van der Waals surface area contributed by atoms with Crippen LogP contribution in [0, 0.1) is 0 Å². The highest BCUT2D eigenvalue weighted by Crippen LogP contribution is 2.23. The highest BCUT2D eigenvalue weighted by atomic mass is 16.3. The van der Waals surface area contributed by atoms with Crippen LogP contribution in [0.25, 0.3) is 10.8 Å². The largest absolute Gasteiger partial charge is 0.387 e. The summed E-state index contributed by atoms with van der Waals surface area (Å²) in [7, 11) is 0. The molecule has 0 bridgehead atoms. The Hall–Kier alpha value is -1.41. The fourth-order valence-corrected chi connectivity index (χ4v) is 1.60. The van der Waals surface area contributed by atoms with Crippen molar-refractivity contribution in [3.05, 3.63) is 42.2 Å². The summed E-state index contributed by atoms with van der Waals surface area (Å²) in [5.74, 6) is 0. The number of aromatic nitrogens is 1. The molecule has 0 spiro atoms. The molecule has 2 rings (SSSR count). The van der Waals surface area contributed by atoms with Crippen molar-refractivity contribution in [2.75, 3.05) is 0 Å². The highest BCUT2D eigenvalue weighted by molar-refractivity contribution is 5.84. The molecule has 0 fully saturated rings. The molecule has 2 aromatic rings. The van der Waals surface area contributed by atoms with E-state index in [4.69, 9.17) is 0 Å². The van der Waals surface area contributed by atoms with Gasteiger partial charge in [-0.1, -0.05) is 31.2 Å². The van der Waals surface area contributed by atoms with E-state index in [1.807, 2.05) is 37.3 Å². The Labute approximate surface area is 83.2 Å². The zero-order valence-corrected chi connectivity index (χ0v) is 8.14. The number of rotatable bonds is 2. The zero-order valence-electron chi connectivity index (χ0n) is 8.14. The molecule has 2 nitrogen and oxygen atoms in total. The molecule has 1 N–H and O–H groups in total. The fourth-order valence-electron chi connectivity index (χ4n) is 1.60. The van der Waals surface area contributed by atoms with Crippen molar-refractivity contribution in [2.24, 2.45) is 0 Å². The van der Waals surface area contributed by atoms with E-state index in [1.54, 1.807) is 6.20 Å². The van der Waals surface area contributed by atoms with Gasteiger partial charge in [0, 0.05) is 11.6 Å². The first-order valence-electron chi connectivity index (χ1n) is 4.84. The minimum Gasteiger partial charge on any atom is -0.387 e. The Morgan fingerprint density at radius 3 is 2.86 bits per heavy atom. The molecular formula is C12H13NO. The number of nitrogens with zero attached hydrogens (tertiary/aromatic N) is 1. The molecule has 0 radical (unpaired) electrons. The molecule has 0 saturated carbocycles. The molecule has 0 aliphatic rings. The van der Waals surface area contributed by atoms with Crippen LogP contribution in [-0.2, 0) is 0 Å². The van der Waals surface area contributed by atoms with E-state index in [0.29, 0.717) is 6.42 Å². The summed E-state index contributed by atoms with van der Waals surface area (Å²) in [5, 5.41) is 11.9.